The van der Waals surface area contributed by atoms with Gasteiger partial charge in [0.2, 0.25) is 0 Å². The fourth-order valence-corrected chi connectivity index (χ4v) is 2.06. The van der Waals surface area contributed by atoms with Gasteiger partial charge in [0.05, 0.1) is 20.1 Å². The van der Waals surface area contributed by atoms with Gasteiger partial charge in [0.25, 0.3) is 0 Å². The van der Waals surface area contributed by atoms with Gasteiger partial charge in [0.1, 0.15) is 11.6 Å². The molecule has 0 aromatic heterocycles. The van der Waals surface area contributed by atoms with Crippen molar-refractivity contribution in [3.8, 4) is 0 Å². The molecule has 2 atom stereocenters. The third-order valence-corrected chi connectivity index (χ3v) is 2.94. The number of likely N-dealkylation sites (tertiary alicyclic amines) is 1. The van der Waals surface area contributed by atoms with E-state index in [1.54, 1.807) is 20.8 Å². The van der Waals surface area contributed by atoms with Crippen LogP contribution in [0.2, 0.25) is 0 Å². The lowest BCUT2D eigenvalue weighted by atomic mass is 10.1. The molecule has 1 aliphatic rings. The highest BCUT2D eigenvalue weighted by atomic mass is 16.6. The fraction of sp³-hybridized carbons (Fsp3) is 0.769. The first kappa shape index (κ1) is 16.3. The minimum Gasteiger partial charge on any atom is -0.469 e. The second-order valence-electron chi connectivity index (χ2n) is 5.63. The number of amides is 1. The summed E-state index contributed by atoms with van der Waals surface area (Å²) < 4.78 is 14.6. The summed E-state index contributed by atoms with van der Waals surface area (Å²) in [5.41, 5.74) is -0.679. The van der Waals surface area contributed by atoms with Crippen LogP contribution >= 0.6 is 0 Å². The molecule has 0 unspecified atom stereocenters. The highest BCUT2D eigenvalue weighted by molar-refractivity contribution is 5.85. The lowest BCUT2D eigenvalue weighted by molar-refractivity contribution is -0.145. The molecule has 1 heterocycles. The zero-order chi connectivity index (χ0) is 15.5. The average Bonchev–Trinajstić information content (AvgIpc) is 2.79. The van der Waals surface area contributed by atoms with Crippen LogP contribution < -0.4 is 0 Å². The van der Waals surface area contributed by atoms with Gasteiger partial charge in [-0.25, -0.2) is 9.59 Å². The van der Waals surface area contributed by atoms with Crippen molar-refractivity contribution in [2.75, 3.05) is 20.8 Å². The van der Waals surface area contributed by atoms with E-state index >= 15 is 0 Å². The molecule has 20 heavy (non-hydrogen) atoms. The van der Waals surface area contributed by atoms with E-state index in [1.807, 2.05) is 0 Å². The molecule has 1 fully saturated rings. The molecule has 1 saturated heterocycles. The third kappa shape index (κ3) is 3.85. The largest absolute Gasteiger partial charge is 0.469 e. The molecule has 0 aliphatic carbocycles. The van der Waals surface area contributed by atoms with Gasteiger partial charge < -0.3 is 14.2 Å². The van der Waals surface area contributed by atoms with Crippen LogP contribution in [0.4, 0.5) is 4.79 Å². The first-order valence-electron chi connectivity index (χ1n) is 6.35. The summed E-state index contributed by atoms with van der Waals surface area (Å²) in [5.74, 6) is -1.57. The molecule has 0 radical (unpaired) electrons. The average molecular weight is 287 g/mol. The van der Waals surface area contributed by atoms with Crippen LogP contribution in [0.15, 0.2) is 0 Å². The highest BCUT2D eigenvalue weighted by Gasteiger charge is 2.45. The number of methoxy groups -OCH3 is 2. The number of hydrogen-bond donors (Lipinski definition) is 0. The van der Waals surface area contributed by atoms with Gasteiger partial charge in [-0.3, -0.25) is 9.69 Å². The number of hydrogen-bond acceptors (Lipinski definition) is 6. The predicted octanol–water partition coefficient (Wildman–Crippen LogP) is 0.958. The first-order chi connectivity index (χ1) is 9.19. The van der Waals surface area contributed by atoms with E-state index in [0.29, 0.717) is 0 Å². The van der Waals surface area contributed by atoms with Crippen molar-refractivity contribution in [1.29, 1.82) is 0 Å². The van der Waals surface area contributed by atoms with E-state index in [0.717, 1.165) is 0 Å². The second kappa shape index (κ2) is 6.11. The van der Waals surface area contributed by atoms with Crippen LogP contribution in [0.5, 0.6) is 0 Å². The Bertz CT molecular complexity index is 400. The van der Waals surface area contributed by atoms with Gasteiger partial charge in [0, 0.05) is 6.54 Å². The number of carbonyl (C=O) groups excluding carboxylic acids is 3. The summed E-state index contributed by atoms with van der Waals surface area (Å²) in [5, 5.41) is 0. The van der Waals surface area contributed by atoms with Gasteiger partial charge in [-0.1, -0.05) is 0 Å². The standard InChI is InChI=1S/C13H21NO6/c1-13(2,3)20-12(17)14-7-8(10(15)18-4)6-9(14)11(16)19-5/h8-9H,6-7H2,1-5H3/t8-,9-/m0/s1. The van der Waals surface area contributed by atoms with Crippen LogP contribution in [-0.2, 0) is 23.8 Å². The smallest absolute Gasteiger partial charge is 0.411 e. The zero-order valence-corrected chi connectivity index (χ0v) is 12.5. The summed E-state index contributed by atoms with van der Waals surface area (Å²) in [6.45, 7) is 5.27. The minimum atomic E-state index is -0.820. The quantitative estimate of drug-likeness (QED) is 0.555. The maximum atomic E-state index is 12.1. The molecule has 1 rings (SSSR count). The molecule has 1 aliphatic heterocycles. The Morgan fingerprint density at radius 3 is 2.05 bits per heavy atom. The van der Waals surface area contributed by atoms with Gasteiger partial charge in [-0.05, 0) is 27.2 Å². The Kier molecular flexibility index (Phi) is 4.97. The summed E-state index contributed by atoms with van der Waals surface area (Å²) in [6, 6.07) is -0.820. The third-order valence-electron chi connectivity index (χ3n) is 2.94. The van der Waals surface area contributed by atoms with Crippen molar-refractivity contribution in [3.05, 3.63) is 0 Å². The molecule has 0 bridgehead atoms. The molecule has 114 valence electrons. The van der Waals surface area contributed by atoms with Crippen molar-refractivity contribution in [1.82, 2.24) is 4.90 Å². The van der Waals surface area contributed by atoms with Crippen molar-refractivity contribution < 1.29 is 28.6 Å². The van der Waals surface area contributed by atoms with Crippen molar-refractivity contribution in [2.24, 2.45) is 5.92 Å². The van der Waals surface area contributed by atoms with Crippen LogP contribution in [0.1, 0.15) is 27.2 Å². The van der Waals surface area contributed by atoms with Gasteiger partial charge in [0.15, 0.2) is 0 Å². The normalized spacial score (nSPS) is 22.4. The molecule has 7 nitrogen and oxygen atoms in total. The van der Waals surface area contributed by atoms with Crippen LogP contribution in [0.25, 0.3) is 0 Å². The Hall–Kier alpha value is -1.79. The van der Waals surface area contributed by atoms with Crippen LogP contribution in [0, 0.1) is 5.92 Å². The number of carbonyl (C=O) groups is 3. The maximum absolute atomic E-state index is 12.1. The lowest BCUT2D eigenvalue weighted by Gasteiger charge is -2.27. The molecule has 7 heteroatoms. The van der Waals surface area contributed by atoms with E-state index in [9.17, 15) is 14.4 Å². The molecule has 0 N–H and O–H groups in total. The maximum Gasteiger partial charge on any atom is 0.411 e. The Labute approximate surface area is 118 Å². The first-order valence-corrected chi connectivity index (χ1v) is 6.35. The summed E-state index contributed by atoms with van der Waals surface area (Å²) in [4.78, 5) is 36.6. The SMILES string of the molecule is COC(=O)[C@H]1C[C@@H](C(=O)OC)N(C(=O)OC(C)(C)C)C1. The minimum absolute atomic E-state index is 0.0847. The predicted molar refractivity (Wildman–Crippen MR) is 68.9 cm³/mol. The summed E-state index contributed by atoms with van der Waals surface area (Å²) in [7, 11) is 2.51. The highest BCUT2D eigenvalue weighted by Crippen LogP contribution is 2.27. The number of rotatable bonds is 2. The Balaban J connectivity index is 2.87. The lowest BCUT2D eigenvalue weighted by Crippen LogP contribution is -2.43. The molecule has 0 aromatic carbocycles. The molecular formula is C13H21NO6. The fourth-order valence-electron chi connectivity index (χ4n) is 2.06. The van der Waals surface area contributed by atoms with E-state index < -0.39 is 35.6 Å². The van der Waals surface area contributed by atoms with Crippen LogP contribution in [-0.4, -0.2) is 55.3 Å². The van der Waals surface area contributed by atoms with Crippen molar-refractivity contribution in [3.63, 3.8) is 0 Å². The van der Waals surface area contributed by atoms with E-state index in [-0.39, 0.29) is 13.0 Å². The molecule has 1 amide bonds. The number of nitrogens with zero attached hydrogens (tertiary/aromatic N) is 1. The van der Waals surface area contributed by atoms with E-state index in [2.05, 4.69) is 9.47 Å². The van der Waals surface area contributed by atoms with Gasteiger partial charge in [-0.15, -0.1) is 0 Å². The molecule has 0 saturated carbocycles. The summed E-state index contributed by atoms with van der Waals surface area (Å²) in [6.07, 6.45) is -0.460. The van der Waals surface area contributed by atoms with Gasteiger partial charge >= 0.3 is 18.0 Å². The zero-order valence-electron chi connectivity index (χ0n) is 12.5. The molecular weight excluding hydrogens is 266 g/mol. The summed E-state index contributed by atoms with van der Waals surface area (Å²) >= 11 is 0. The number of esters is 2. The Morgan fingerprint density at radius 1 is 1.05 bits per heavy atom. The monoisotopic (exact) mass is 287 g/mol. The van der Waals surface area contributed by atoms with Crippen LogP contribution in [0.3, 0.4) is 0 Å². The van der Waals surface area contributed by atoms with Gasteiger partial charge in [-0.2, -0.15) is 0 Å². The van der Waals surface area contributed by atoms with E-state index in [1.165, 1.54) is 19.1 Å². The second-order valence-corrected chi connectivity index (χ2v) is 5.63. The van der Waals surface area contributed by atoms with E-state index in [4.69, 9.17) is 4.74 Å². The Morgan fingerprint density at radius 2 is 1.60 bits per heavy atom. The van der Waals surface area contributed by atoms with Crippen molar-refractivity contribution in [2.45, 2.75) is 38.8 Å². The number of ether oxygens (including phenoxy) is 3. The molecule has 0 aromatic rings. The topological polar surface area (TPSA) is 82.1 Å². The van der Waals surface area contributed by atoms with Crippen molar-refractivity contribution >= 4 is 18.0 Å². The molecule has 0 spiro atoms.